The van der Waals surface area contributed by atoms with E-state index in [2.05, 4.69) is 5.32 Å². The van der Waals surface area contributed by atoms with Crippen molar-refractivity contribution in [2.24, 2.45) is 17.6 Å². The van der Waals surface area contributed by atoms with Gasteiger partial charge in [-0.2, -0.15) is 5.26 Å². The molecule has 2 amide bonds. The molecule has 0 aromatic carbocycles. The van der Waals surface area contributed by atoms with Crippen LogP contribution >= 0.6 is 0 Å². The molecule has 3 N–H and O–H groups in total. The van der Waals surface area contributed by atoms with E-state index in [1.165, 1.54) is 12.8 Å². The van der Waals surface area contributed by atoms with Gasteiger partial charge < -0.3 is 11.1 Å². The summed E-state index contributed by atoms with van der Waals surface area (Å²) in [6.45, 7) is 1.74. The lowest BCUT2D eigenvalue weighted by atomic mass is 9.97. The number of carbonyl (C=O) groups is 2. The van der Waals surface area contributed by atoms with Crippen LogP contribution in [0.1, 0.15) is 45.4 Å². The smallest absolute Gasteiger partial charge is 0.240 e. The molecule has 0 saturated heterocycles. The average Bonchev–Trinajstić information content (AvgIpc) is 2.78. The lowest BCUT2D eigenvalue weighted by molar-refractivity contribution is -0.129. The van der Waals surface area contributed by atoms with Gasteiger partial charge in [0.05, 0.1) is 6.07 Å². The quantitative estimate of drug-likeness (QED) is 0.739. The van der Waals surface area contributed by atoms with Crippen molar-refractivity contribution in [3.8, 4) is 6.07 Å². The third-order valence-corrected chi connectivity index (χ3v) is 3.55. The minimum absolute atomic E-state index is 0.129. The molecule has 2 atom stereocenters. The molecule has 0 aromatic heterocycles. The van der Waals surface area contributed by atoms with E-state index < -0.39 is 11.9 Å². The monoisotopic (exact) mass is 251 g/mol. The van der Waals surface area contributed by atoms with E-state index in [1.54, 1.807) is 6.92 Å². The Bertz CT molecular complexity index is 343. The van der Waals surface area contributed by atoms with E-state index in [9.17, 15) is 9.59 Å². The van der Waals surface area contributed by atoms with Crippen molar-refractivity contribution in [2.45, 2.75) is 51.5 Å². The van der Waals surface area contributed by atoms with Crippen LogP contribution in [0.2, 0.25) is 0 Å². The van der Waals surface area contributed by atoms with Gasteiger partial charge in [0.1, 0.15) is 6.04 Å². The first kappa shape index (κ1) is 14.5. The van der Waals surface area contributed by atoms with Crippen LogP contribution in [-0.2, 0) is 9.59 Å². The summed E-state index contributed by atoms with van der Waals surface area (Å²) in [4.78, 5) is 23.1. The Balaban J connectivity index is 2.47. The zero-order valence-corrected chi connectivity index (χ0v) is 10.8. The van der Waals surface area contributed by atoms with Crippen LogP contribution in [0.5, 0.6) is 0 Å². The highest BCUT2D eigenvalue weighted by Gasteiger charge is 2.26. The van der Waals surface area contributed by atoms with Crippen LogP contribution in [0.15, 0.2) is 0 Å². The minimum Gasteiger partial charge on any atom is -0.368 e. The number of nitrogens with zero attached hydrogens (tertiary/aromatic N) is 1. The second-order valence-corrected chi connectivity index (χ2v) is 5.14. The standard InChI is InChI=1S/C13H21N3O2/c1-9(6-7-14)12(13(15)18)16-11(17)8-10-4-2-3-5-10/h9-10,12H,2-6,8H2,1H3,(H2,15,18)(H,16,17)/t9-,12-/m0/s1. The van der Waals surface area contributed by atoms with E-state index in [0.717, 1.165) is 12.8 Å². The van der Waals surface area contributed by atoms with Gasteiger partial charge in [0, 0.05) is 12.8 Å². The van der Waals surface area contributed by atoms with Gasteiger partial charge in [-0.25, -0.2) is 0 Å². The third-order valence-electron chi connectivity index (χ3n) is 3.55. The molecule has 0 bridgehead atoms. The largest absolute Gasteiger partial charge is 0.368 e. The number of nitriles is 1. The lowest BCUT2D eigenvalue weighted by Gasteiger charge is -2.21. The molecule has 5 heteroatoms. The number of carbonyl (C=O) groups excluding carboxylic acids is 2. The molecule has 0 radical (unpaired) electrons. The normalized spacial score (nSPS) is 18.9. The van der Waals surface area contributed by atoms with Crippen LogP contribution in [-0.4, -0.2) is 17.9 Å². The van der Waals surface area contributed by atoms with Gasteiger partial charge in [-0.05, 0) is 24.7 Å². The van der Waals surface area contributed by atoms with Crippen LogP contribution in [0, 0.1) is 23.2 Å². The Labute approximate surface area is 108 Å². The SMILES string of the molecule is C[C@@H](CC#N)[C@H](NC(=O)CC1CCCC1)C(N)=O. The first-order chi connectivity index (χ1) is 8.54. The van der Waals surface area contributed by atoms with Crippen molar-refractivity contribution in [1.29, 1.82) is 5.26 Å². The maximum atomic E-state index is 11.8. The van der Waals surface area contributed by atoms with Gasteiger partial charge in [-0.1, -0.05) is 19.8 Å². The zero-order valence-electron chi connectivity index (χ0n) is 10.8. The predicted molar refractivity (Wildman–Crippen MR) is 67.1 cm³/mol. The fraction of sp³-hybridized carbons (Fsp3) is 0.769. The lowest BCUT2D eigenvalue weighted by Crippen LogP contribution is -2.48. The second-order valence-electron chi connectivity index (χ2n) is 5.14. The highest BCUT2D eigenvalue weighted by Crippen LogP contribution is 2.27. The summed E-state index contributed by atoms with van der Waals surface area (Å²) in [7, 11) is 0. The number of hydrogen-bond acceptors (Lipinski definition) is 3. The summed E-state index contributed by atoms with van der Waals surface area (Å²) in [5, 5.41) is 11.3. The van der Waals surface area contributed by atoms with Crippen molar-refractivity contribution in [3.05, 3.63) is 0 Å². The van der Waals surface area contributed by atoms with Crippen molar-refractivity contribution in [3.63, 3.8) is 0 Å². The molecule has 0 heterocycles. The Kier molecular flexibility index (Phi) is 5.63. The summed E-state index contributed by atoms with van der Waals surface area (Å²) >= 11 is 0. The van der Waals surface area contributed by atoms with Crippen LogP contribution < -0.4 is 11.1 Å². The molecule has 5 nitrogen and oxygen atoms in total. The van der Waals surface area contributed by atoms with Crippen molar-refractivity contribution < 1.29 is 9.59 Å². The van der Waals surface area contributed by atoms with Crippen LogP contribution in [0.3, 0.4) is 0 Å². The topological polar surface area (TPSA) is 96.0 Å². The van der Waals surface area contributed by atoms with Crippen molar-refractivity contribution >= 4 is 11.8 Å². The molecule has 18 heavy (non-hydrogen) atoms. The Hall–Kier alpha value is -1.57. The Morgan fingerprint density at radius 3 is 2.56 bits per heavy atom. The zero-order chi connectivity index (χ0) is 13.5. The van der Waals surface area contributed by atoms with E-state index in [1.807, 2.05) is 6.07 Å². The first-order valence-electron chi connectivity index (χ1n) is 6.50. The molecule has 1 rings (SSSR count). The van der Waals surface area contributed by atoms with Gasteiger partial charge in [-0.15, -0.1) is 0 Å². The predicted octanol–water partition coefficient (Wildman–Crippen LogP) is 1.09. The van der Waals surface area contributed by atoms with Crippen LogP contribution in [0.25, 0.3) is 0 Å². The molecule has 1 aliphatic carbocycles. The van der Waals surface area contributed by atoms with Gasteiger partial charge in [-0.3, -0.25) is 9.59 Å². The van der Waals surface area contributed by atoms with E-state index in [4.69, 9.17) is 11.0 Å². The molecular weight excluding hydrogens is 230 g/mol. The van der Waals surface area contributed by atoms with Gasteiger partial charge >= 0.3 is 0 Å². The summed E-state index contributed by atoms with van der Waals surface area (Å²) in [6.07, 6.45) is 5.20. The van der Waals surface area contributed by atoms with Crippen LogP contribution in [0.4, 0.5) is 0 Å². The number of nitrogens with two attached hydrogens (primary N) is 1. The Morgan fingerprint density at radius 2 is 2.06 bits per heavy atom. The molecule has 1 saturated carbocycles. The van der Waals surface area contributed by atoms with E-state index in [0.29, 0.717) is 12.3 Å². The number of nitrogens with one attached hydrogen (secondary N) is 1. The van der Waals surface area contributed by atoms with Gasteiger partial charge in [0.25, 0.3) is 0 Å². The van der Waals surface area contributed by atoms with Crippen molar-refractivity contribution in [2.75, 3.05) is 0 Å². The molecular formula is C13H21N3O2. The fourth-order valence-electron chi connectivity index (χ4n) is 2.46. The highest BCUT2D eigenvalue weighted by atomic mass is 16.2. The number of primary amides is 1. The van der Waals surface area contributed by atoms with Gasteiger partial charge in [0.15, 0.2) is 0 Å². The molecule has 1 fully saturated rings. The third kappa shape index (κ3) is 4.36. The van der Waals surface area contributed by atoms with Crippen molar-refractivity contribution in [1.82, 2.24) is 5.32 Å². The molecule has 0 aliphatic heterocycles. The number of hydrogen-bond donors (Lipinski definition) is 2. The summed E-state index contributed by atoms with van der Waals surface area (Å²) < 4.78 is 0. The maximum Gasteiger partial charge on any atom is 0.240 e. The van der Waals surface area contributed by atoms with E-state index >= 15 is 0 Å². The summed E-state index contributed by atoms with van der Waals surface area (Å²) in [6, 6.07) is 1.25. The van der Waals surface area contributed by atoms with Gasteiger partial charge in [0.2, 0.25) is 11.8 Å². The summed E-state index contributed by atoms with van der Waals surface area (Å²) in [5.74, 6) is -0.516. The number of amides is 2. The molecule has 0 aromatic rings. The molecule has 100 valence electrons. The first-order valence-corrected chi connectivity index (χ1v) is 6.50. The minimum atomic E-state index is -0.737. The average molecular weight is 251 g/mol. The number of rotatable bonds is 6. The Morgan fingerprint density at radius 1 is 1.44 bits per heavy atom. The molecule has 0 unspecified atom stereocenters. The molecule has 1 aliphatic rings. The highest BCUT2D eigenvalue weighted by molar-refractivity contribution is 5.86. The maximum absolute atomic E-state index is 11.8. The second kappa shape index (κ2) is 7.00. The fourth-order valence-corrected chi connectivity index (χ4v) is 2.46. The van der Waals surface area contributed by atoms with E-state index in [-0.39, 0.29) is 18.2 Å². The summed E-state index contributed by atoms with van der Waals surface area (Å²) in [5.41, 5.74) is 5.26. The molecule has 0 spiro atoms.